The Kier molecular flexibility index (Phi) is 5.33. The fourth-order valence-corrected chi connectivity index (χ4v) is 3.08. The Hall–Kier alpha value is -2.11. The van der Waals surface area contributed by atoms with Crippen LogP contribution in [0.25, 0.3) is 0 Å². The topological polar surface area (TPSA) is 29.9 Å². The van der Waals surface area contributed by atoms with Gasteiger partial charge < -0.3 is 4.57 Å². The van der Waals surface area contributed by atoms with Crippen molar-refractivity contribution in [2.75, 3.05) is 6.26 Å². The Balaban J connectivity index is 1.85. The summed E-state index contributed by atoms with van der Waals surface area (Å²) in [6.45, 7) is 0.639. The van der Waals surface area contributed by atoms with E-state index in [2.05, 4.69) is 40.8 Å². The van der Waals surface area contributed by atoms with Gasteiger partial charge >= 0.3 is 0 Å². The summed E-state index contributed by atoms with van der Waals surface area (Å²) in [5.41, 5.74) is 1.76. The predicted octanol–water partition coefficient (Wildman–Crippen LogP) is 4.16. The van der Waals surface area contributed by atoms with Crippen molar-refractivity contribution in [2.24, 2.45) is 7.05 Å². The minimum atomic E-state index is -0.300. The van der Waals surface area contributed by atoms with Gasteiger partial charge in [0, 0.05) is 36.4 Å². The van der Waals surface area contributed by atoms with Crippen molar-refractivity contribution in [1.82, 2.24) is 14.9 Å². The largest absolute Gasteiger partial charge is 0.336 e. The number of benzene rings is 2. The number of rotatable bonds is 6. The minimum Gasteiger partial charge on any atom is -0.336 e. The molecule has 3 aromatic rings. The monoisotopic (exact) mass is 341 g/mol. The Morgan fingerprint density at radius 3 is 2.54 bits per heavy atom. The van der Waals surface area contributed by atoms with Crippen molar-refractivity contribution in [3.05, 3.63) is 83.7 Å². The summed E-state index contributed by atoms with van der Waals surface area (Å²) in [5, 5.41) is 3.44. The number of aryl methyl sites for hydroxylation is 1. The number of imidazole rings is 1. The van der Waals surface area contributed by atoms with E-state index in [9.17, 15) is 4.39 Å². The molecule has 2 aromatic carbocycles. The molecule has 0 aliphatic carbocycles. The van der Waals surface area contributed by atoms with Gasteiger partial charge in [-0.2, -0.15) is 0 Å². The van der Waals surface area contributed by atoms with E-state index < -0.39 is 0 Å². The SMILES string of the molecule is CSc1ccc(CN[C@H](c2ccccc2F)c2nccn2C)cc1. The second kappa shape index (κ2) is 7.64. The zero-order chi connectivity index (χ0) is 16.9. The lowest BCUT2D eigenvalue weighted by Gasteiger charge is -2.20. The quantitative estimate of drug-likeness (QED) is 0.683. The molecular formula is C19H20FN3S. The Morgan fingerprint density at radius 1 is 1.17 bits per heavy atom. The lowest BCUT2D eigenvalue weighted by Crippen LogP contribution is -2.25. The van der Waals surface area contributed by atoms with Crippen molar-refractivity contribution < 1.29 is 4.39 Å². The highest BCUT2D eigenvalue weighted by Crippen LogP contribution is 2.24. The molecule has 0 saturated heterocycles. The first-order valence-corrected chi connectivity index (χ1v) is 8.99. The van der Waals surface area contributed by atoms with Gasteiger partial charge in [-0.3, -0.25) is 5.32 Å². The van der Waals surface area contributed by atoms with Crippen LogP contribution in [0.15, 0.2) is 65.8 Å². The molecule has 24 heavy (non-hydrogen) atoms. The summed E-state index contributed by atoms with van der Waals surface area (Å²) in [6.07, 6.45) is 5.67. The Bertz CT molecular complexity index is 798. The van der Waals surface area contributed by atoms with Gasteiger partial charge in [0.2, 0.25) is 0 Å². The third-order valence-corrected chi connectivity index (χ3v) is 4.75. The molecule has 0 unspecified atom stereocenters. The van der Waals surface area contributed by atoms with E-state index in [0.717, 1.165) is 11.4 Å². The van der Waals surface area contributed by atoms with Gasteiger partial charge in [-0.1, -0.05) is 30.3 Å². The molecule has 5 heteroatoms. The number of nitrogens with one attached hydrogen (secondary N) is 1. The highest BCUT2D eigenvalue weighted by atomic mass is 32.2. The lowest BCUT2D eigenvalue weighted by molar-refractivity contribution is 0.520. The van der Waals surface area contributed by atoms with Crippen LogP contribution in [0.5, 0.6) is 0 Å². The maximum absolute atomic E-state index is 14.3. The zero-order valence-corrected chi connectivity index (χ0v) is 14.6. The van der Waals surface area contributed by atoms with Crippen LogP contribution in [0, 0.1) is 5.82 Å². The minimum absolute atomic E-state index is 0.226. The molecule has 3 nitrogen and oxygen atoms in total. The normalized spacial score (nSPS) is 12.3. The molecule has 0 amide bonds. The molecule has 0 aliphatic rings. The molecular weight excluding hydrogens is 321 g/mol. The summed E-state index contributed by atoms with van der Waals surface area (Å²) < 4.78 is 16.2. The smallest absolute Gasteiger partial charge is 0.130 e. The molecule has 0 radical (unpaired) electrons. The number of thioether (sulfide) groups is 1. The maximum atomic E-state index is 14.3. The average molecular weight is 341 g/mol. The molecule has 0 fully saturated rings. The second-order valence-corrected chi connectivity index (χ2v) is 6.46. The van der Waals surface area contributed by atoms with Crippen molar-refractivity contribution in [2.45, 2.75) is 17.5 Å². The van der Waals surface area contributed by atoms with E-state index in [0.29, 0.717) is 12.1 Å². The zero-order valence-electron chi connectivity index (χ0n) is 13.7. The number of aromatic nitrogens is 2. The molecule has 1 aromatic heterocycles. The molecule has 0 spiro atoms. The van der Waals surface area contributed by atoms with E-state index in [1.165, 1.54) is 11.0 Å². The van der Waals surface area contributed by atoms with E-state index >= 15 is 0 Å². The van der Waals surface area contributed by atoms with Crippen LogP contribution in [0.3, 0.4) is 0 Å². The van der Waals surface area contributed by atoms with E-state index in [4.69, 9.17) is 0 Å². The third kappa shape index (κ3) is 3.68. The molecule has 0 aliphatic heterocycles. The van der Waals surface area contributed by atoms with Gasteiger partial charge in [-0.05, 0) is 30.0 Å². The fraction of sp³-hybridized carbons (Fsp3) is 0.211. The summed E-state index contributed by atoms with van der Waals surface area (Å²) in [7, 11) is 1.92. The highest BCUT2D eigenvalue weighted by molar-refractivity contribution is 7.98. The third-order valence-electron chi connectivity index (χ3n) is 4.00. The number of hydrogen-bond donors (Lipinski definition) is 1. The fourth-order valence-electron chi connectivity index (χ4n) is 2.67. The molecule has 0 saturated carbocycles. The van der Waals surface area contributed by atoms with Crippen molar-refractivity contribution in [3.8, 4) is 0 Å². The van der Waals surface area contributed by atoms with Gasteiger partial charge in [0.15, 0.2) is 0 Å². The van der Waals surface area contributed by atoms with Crippen LogP contribution in [-0.2, 0) is 13.6 Å². The summed E-state index contributed by atoms with van der Waals surface area (Å²) in [4.78, 5) is 5.63. The van der Waals surface area contributed by atoms with Gasteiger partial charge in [0.1, 0.15) is 11.6 Å². The van der Waals surface area contributed by atoms with Crippen molar-refractivity contribution in [1.29, 1.82) is 0 Å². The van der Waals surface area contributed by atoms with Crippen LogP contribution in [0.2, 0.25) is 0 Å². The molecule has 0 bridgehead atoms. The first-order valence-electron chi connectivity index (χ1n) is 7.77. The first-order chi connectivity index (χ1) is 11.7. The van der Waals surface area contributed by atoms with E-state index in [1.54, 1.807) is 30.1 Å². The van der Waals surface area contributed by atoms with Crippen LogP contribution in [0.1, 0.15) is 23.0 Å². The summed E-state index contributed by atoms with van der Waals surface area (Å²) >= 11 is 1.72. The van der Waals surface area contributed by atoms with Crippen LogP contribution in [0.4, 0.5) is 4.39 Å². The molecule has 124 valence electrons. The molecule has 1 atom stereocenters. The van der Waals surface area contributed by atoms with Gasteiger partial charge in [-0.25, -0.2) is 9.37 Å². The number of hydrogen-bond acceptors (Lipinski definition) is 3. The van der Waals surface area contributed by atoms with Crippen LogP contribution in [-0.4, -0.2) is 15.8 Å². The van der Waals surface area contributed by atoms with Crippen LogP contribution < -0.4 is 5.32 Å². The number of halogens is 1. The van der Waals surface area contributed by atoms with Crippen molar-refractivity contribution in [3.63, 3.8) is 0 Å². The molecule has 3 rings (SSSR count). The highest BCUT2D eigenvalue weighted by Gasteiger charge is 2.20. The van der Waals surface area contributed by atoms with E-state index in [1.807, 2.05) is 23.9 Å². The standard InChI is InChI=1S/C19H20FN3S/c1-23-12-11-21-19(23)18(16-5-3-4-6-17(16)20)22-13-14-7-9-15(24-2)10-8-14/h3-12,18,22H,13H2,1-2H3/t18-/m1/s1. The maximum Gasteiger partial charge on any atom is 0.130 e. The molecule has 1 N–H and O–H groups in total. The lowest BCUT2D eigenvalue weighted by atomic mass is 10.0. The van der Waals surface area contributed by atoms with Crippen LogP contribution >= 0.6 is 11.8 Å². The van der Waals surface area contributed by atoms with Gasteiger partial charge in [0.25, 0.3) is 0 Å². The molecule has 1 heterocycles. The van der Waals surface area contributed by atoms with Crippen molar-refractivity contribution >= 4 is 11.8 Å². The summed E-state index contributed by atoms with van der Waals surface area (Å²) in [5.74, 6) is 0.566. The average Bonchev–Trinajstić information content (AvgIpc) is 3.03. The summed E-state index contributed by atoms with van der Waals surface area (Å²) in [6, 6.07) is 14.9. The first kappa shape index (κ1) is 16.7. The van der Waals surface area contributed by atoms with E-state index in [-0.39, 0.29) is 11.9 Å². The second-order valence-electron chi connectivity index (χ2n) is 5.58. The predicted molar refractivity (Wildman–Crippen MR) is 96.5 cm³/mol. The van der Waals surface area contributed by atoms with Gasteiger partial charge in [-0.15, -0.1) is 11.8 Å². The Morgan fingerprint density at radius 2 is 1.92 bits per heavy atom. The van der Waals surface area contributed by atoms with Gasteiger partial charge in [0.05, 0.1) is 6.04 Å². The number of nitrogens with zero attached hydrogens (tertiary/aromatic N) is 2. The Labute approximate surface area is 145 Å².